The first-order valence-electron chi connectivity index (χ1n) is 8.39. The third kappa shape index (κ3) is 5.41. The van der Waals surface area contributed by atoms with Gasteiger partial charge in [0.2, 0.25) is 11.8 Å². The van der Waals surface area contributed by atoms with Crippen molar-refractivity contribution in [1.82, 2.24) is 9.47 Å². The van der Waals surface area contributed by atoms with Crippen molar-refractivity contribution in [2.24, 2.45) is 0 Å². The third-order valence-electron chi connectivity index (χ3n) is 3.94. The number of carbonyl (C=O) groups excluding carboxylic acids is 3. The Morgan fingerprint density at radius 1 is 1.30 bits per heavy atom. The van der Waals surface area contributed by atoms with Crippen LogP contribution >= 0.6 is 11.6 Å². The van der Waals surface area contributed by atoms with E-state index in [2.05, 4.69) is 10.1 Å². The van der Waals surface area contributed by atoms with Gasteiger partial charge in [-0.15, -0.1) is 0 Å². The van der Waals surface area contributed by atoms with Crippen LogP contribution in [0, 0.1) is 10.1 Å². The van der Waals surface area contributed by atoms with Crippen LogP contribution in [-0.2, 0) is 20.9 Å². The van der Waals surface area contributed by atoms with Crippen LogP contribution in [0.25, 0.3) is 0 Å². The van der Waals surface area contributed by atoms with Crippen LogP contribution in [0.3, 0.4) is 0 Å². The van der Waals surface area contributed by atoms with Crippen molar-refractivity contribution in [2.75, 3.05) is 26.0 Å². The number of hydrogen-bond acceptors (Lipinski definition) is 7. The predicted octanol–water partition coefficient (Wildman–Crippen LogP) is 1.29. The third-order valence-corrected chi connectivity index (χ3v) is 4.27. The van der Waals surface area contributed by atoms with Gasteiger partial charge in [-0.3, -0.25) is 29.1 Å². The van der Waals surface area contributed by atoms with Gasteiger partial charge in [0.1, 0.15) is 6.54 Å². The number of halogens is 1. The van der Waals surface area contributed by atoms with Crippen molar-refractivity contribution in [3.05, 3.63) is 67.6 Å². The SMILES string of the molecule is COC(=O)c1cc([N+](=O)[O-])c(=O)n(CC(=O)N(C)CC(=O)Nc2ccccc2Cl)c1. The molecule has 1 aromatic carbocycles. The van der Waals surface area contributed by atoms with E-state index in [9.17, 15) is 29.3 Å². The molecule has 0 bridgehead atoms. The normalized spacial score (nSPS) is 10.2. The van der Waals surface area contributed by atoms with Gasteiger partial charge in [-0.05, 0) is 12.1 Å². The summed E-state index contributed by atoms with van der Waals surface area (Å²) in [7, 11) is 2.39. The molecule has 0 saturated carbocycles. The zero-order chi connectivity index (χ0) is 22.4. The molecule has 2 rings (SSSR count). The molecule has 2 aromatic rings. The Labute approximate surface area is 174 Å². The first-order valence-corrected chi connectivity index (χ1v) is 8.77. The highest BCUT2D eigenvalue weighted by molar-refractivity contribution is 6.33. The molecule has 158 valence electrons. The number of methoxy groups -OCH3 is 1. The van der Waals surface area contributed by atoms with Gasteiger partial charge in [0.15, 0.2) is 0 Å². The average molecular weight is 437 g/mol. The number of nitro groups is 1. The fourth-order valence-corrected chi connectivity index (χ4v) is 2.60. The summed E-state index contributed by atoms with van der Waals surface area (Å²) in [5.41, 5.74) is -1.86. The molecule has 0 atom stereocenters. The first-order chi connectivity index (χ1) is 14.1. The van der Waals surface area contributed by atoms with Crippen molar-refractivity contribution in [2.45, 2.75) is 6.54 Å². The van der Waals surface area contributed by atoms with E-state index in [4.69, 9.17) is 11.6 Å². The zero-order valence-electron chi connectivity index (χ0n) is 16.0. The van der Waals surface area contributed by atoms with Crippen LogP contribution in [0.2, 0.25) is 5.02 Å². The van der Waals surface area contributed by atoms with Gasteiger partial charge in [-0.1, -0.05) is 23.7 Å². The molecule has 0 aliphatic carbocycles. The Hall–Kier alpha value is -3.73. The highest BCUT2D eigenvalue weighted by atomic mass is 35.5. The Morgan fingerprint density at radius 3 is 2.57 bits per heavy atom. The molecular formula is C18H17ClN4O7. The number of rotatable bonds is 7. The van der Waals surface area contributed by atoms with E-state index in [0.29, 0.717) is 10.7 Å². The molecule has 0 aliphatic heterocycles. The summed E-state index contributed by atoms with van der Waals surface area (Å²) in [6, 6.07) is 7.30. The predicted molar refractivity (Wildman–Crippen MR) is 106 cm³/mol. The Morgan fingerprint density at radius 2 is 1.97 bits per heavy atom. The second kappa shape index (κ2) is 9.65. The molecule has 11 nitrogen and oxygen atoms in total. The van der Waals surface area contributed by atoms with Crippen LogP contribution in [0.1, 0.15) is 10.4 Å². The number of ether oxygens (including phenoxy) is 1. The largest absolute Gasteiger partial charge is 0.465 e. The lowest BCUT2D eigenvalue weighted by Gasteiger charge is -2.18. The summed E-state index contributed by atoms with van der Waals surface area (Å²) in [5, 5.41) is 13.9. The molecule has 0 fully saturated rings. The van der Waals surface area contributed by atoms with Crippen molar-refractivity contribution in [3.63, 3.8) is 0 Å². The molecule has 1 N–H and O–H groups in total. The maximum absolute atomic E-state index is 12.4. The molecular weight excluding hydrogens is 420 g/mol. The smallest absolute Gasteiger partial charge is 0.339 e. The number of hydrogen-bond donors (Lipinski definition) is 1. The number of nitrogens with zero attached hydrogens (tertiary/aromatic N) is 3. The molecule has 12 heteroatoms. The molecule has 0 aliphatic rings. The van der Waals surface area contributed by atoms with E-state index in [0.717, 1.165) is 28.8 Å². The highest BCUT2D eigenvalue weighted by Crippen LogP contribution is 2.20. The van der Waals surface area contributed by atoms with E-state index in [1.165, 1.54) is 7.05 Å². The summed E-state index contributed by atoms with van der Waals surface area (Å²) in [6.45, 7) is -0.988. The first kappa shape index (κ1) is 22.6. The lowest BCUT2D eigenvalue weighted by molar-refractivity contribution is -0.386. The number of pyridine rings is 1. The molecule has 1 heterocycles. The van der Waals surface area contributed by atoms with Crippen LogP contribution in [-0.4, -0.2) is 52.9 Å². The number of nitrogens with one attached hydrogen (secondary N) is 1. The maximum atomic E-state index is 12.4. The van der Waals surface area contributed by atoms with Crippen molar-refractivity contribution >= 4 is 40.8 Å². The second-order valence-corrected chi connectivity index (χ2v) is 6.48. The Kier molecular flexibility index (Phi) is 7.26. The summed E-state index contributed by atoms with van der Waals surface area (Å²) in [5.74, 6) is -2.14. The molecule has 0 spiro atoms. The van der Waals surface area contributed by atoms with E-state index < -0.39 is 40.5 Å². The molecule has 30 heavy (non-hydrogen) atoms. The van der Waals surface area contributed by atoms with Crippen LogP contribution in [0.4, 0.5) is 11.4 Å². The summed E-state index contributed by atoms with van der Waals surface area (Å²) in [6.07, 6.45) is 0.983. The van der Waals surface area contributed by atoms with Crippen LogP contribution < -0.4 is 10.9 Å². The topological polar surface area (TPSA) is 141 Å². The average Bonchev–Trinajstić information content (AvgIpc) is 2.70. The van der Waals surface area contributed by atoms with Gasteiger partial charge in [-0.25, -0.2) is 4.79 Å². The van der Waals surface area contributed by atoms with Crippen molar-refractivity contribution < 1.29 is 24.0 Å². The Bertz CT molecular complexity index is 1070. The number of para-hydroxylation sites is 1. The lowest BCUT2D eigenvalue weighted by atomic mass is 10.2. The van der Waals surface area contributed by atoms with Gasteiger partial charge in [-0.2, -0.15) is 0 Å². The number of amides is 2. The fourth-order valence-electron chi connectivity index (χ4n) is 2.42. The minimum atomic E-state index is -1.07. The summed E-state index contributed by atoms with van der Waals surface area (Å²) < 4.78 is 5.22. The van der Waals surface area contributed by atoms with E-state index >= 15 is 0 Å². The lowest BCUT2D eigenvalue weighted by Crippen LogP contribution is -2.39. The van der Waals surface area contributed by atoms with Gasteiger partial charge < -0.3 is 15.0 Å². The monoisotopic (exact) mass is 436 g/mol. The maximum Gasteiger partial charge on any atom is 0.339 e. The molecule has 2 amide bonds. The number of esters is 1. The highest BCUT2D eigenvalue weighted by Gasteiger charge is 2.22. The standard InChI is InChI=1S/C18H17ClN4O7/c1-21(9-15(24)20-13-6-4-3-5-12(13)19)16(25)10-22-8-11(18(27)30-2)7-14(17(22)26)23(28)29/h3-8H,9-10H2,1-2H3,(H,20,24). The fraction of sp³-hybridized carbons (Fsp3) is 0.222. The second-order valence-electron chi connectivity index (χ2n) is 6.07. The summed E-state index contributed by atoms with van der Waals surface area (Å²) in [4.78, 5) is 59.6. The van der Waals surface area contributed by atoms with Gasteiger partial charge >= 0.3 is 17.2 Å². The van der Waals surface area contributed by atoms with Crippen LogP contribution in [0.5, 0.6) is 0 Å². The molecule has 1 aromatic heterocycles. The van der Waals surface area contributed by atoms with E-state index in [-0.39, 0.29) is 12.1 Å². The van der Waals surface area contributed by atoms with E-state index in [1.807, 2.05) is 0 Å². The molecule has 0 saturated heterocycles. The van der Waals surface area contributed by atoms with Gasteiger partial charge in [0, 0.05) is 19.3 Å². The number of anilines is 1. The zero-order valence-corrected chi connectivity index (χ0v) is 16.7. The number of likely N-dealkylation sites (N-methyl/N-ethyl adjacent to an activating group) is 1. The number of aromatic nitrogens is 1. The van der Waals surface area contributed by atoms with E-state index in [1.54, 1.807) is 24.3 Å². The quantitative estimate of drug-likeness (QED) is 0.391. The Balaban J connectivity index is 2.16. The van der Waals surface area contributed by atoms with Crippen molar-refractivity contribution in [3.8, 4) is 0 Å². The van der Waals surface area contributed by atoms with Crippen molar-refractivity contribution in [1.29, 1.82) is 0 Å². The molecule has 0 unspecified atom stereocenters. The minimum absolute atomic E-state index is 0.268. The molecule has 0 radical (unpaired) electrons. The number of carbonyl (C=O) groups is 3. The number of benzene rings is 1. The van der Waals surface area contributed by atoms with Gasteiger partial charge in [0.25, 0.3) is 0 Å². The van der Waals surface area contributed by atoms with Gasteiger partial charge in [0.05, 0.1) is 34.9 Å². The minimum Gasteiger partial charge on any atom is -0.465 e. The van der Waals surface area contributed by atoms with Crippen LogP contribution in [0.15, 0.2) is 41.3 Å². The summed E-state index contributed by atoms with van der Waals surface area (Å²) >= 11 is 5.96.